The monoisotopic (exact) mass is 362 g/mol. The first-order chi connectivity index (χ1) is 10.5. The standard InChI is InChI=1S/C16H12BrFN2O2/c1-9-6-11(17)8-20-13(7-14(21)22)15(19-16(9)20)10-2-4-12(18)5-3-10/h2-6,8H,7H2,1H3,(H,21,22). The van der Waals surface area contributed by atoms with Gasteiger partial charge in [-0.1, -0.05) is 0 Å². The fourth-order valence-corrected chi connectivity index (χ4v) is 3.01. The summed E-state index contributed by atoms with van der Waals surface area (Å²) in [6.07, 6.45) is 1.63. The van der Waals surface area contributed by atoms with Gasteiger partial charge in [0.1, 0.15) is 11.5 Å². The molecule has 112 valence electrons. The van der Waals surface area contributed by atoms with Gasteiger partial charge in [0.2, 0.25) is 0 Å². The Balaban J connectivity index is 2.30. The van der Waals surface area contributed by atoms with E-state index < -0.39 is 5.97 Å². The Kier molecular flexibility index (Phi) is 3.70. The van der Waals surface area contributed by atoms with Crippen LogP contribution < -0.4 is 0 Å². The molecule has 1 N–H and O–H groups in total. The first-order valence-electron chi connectivity index (χ1n) is 6.60. The van der Waals surface area contributed by atoms with E-state index in [9.17, 15) is 14.3 Å². The first kappa shape index (κ1) is 14.7. The van der Waals surface area contributed by atoms with Crippen LogP contribution in [0.25, 0.3) is 16.9 Å². The van der Waals surface area contributed by atoms with Gasteiger partial charge in [-0.15, -0.1) is 0 Å². The van der Waals surface area contributed by atoms with E-state index in [1.54, 1.807) is 22.7 Å². The van der Waals surface area contributed by atoms with Gasteiger partial charge in [-0.05, 0) is 58.7 Å². The lowest BCUT2D eigenvalue weighted by atomic mass is 10.1. The lowest BCUT2D eigenvalue weighted by Gasteiger charge is -2.04. The Morgan fingerprint density at radius 3 is 2.68 bits per heavy atom. The van der Waals surface area contributed by atoms with Crippen molar-refractivity contribution in [2.45, 2.75) is 13.3 Å². The zero-order chi connectivity index (χ0) is 15.9. The number of aryl methyl sites for hydroxylation is 1. The van der Waals surface area contributed by atoms with Gasteiger partial charge in [-0.25, -0.2) is 9.37 Å². The van der Waals surface area contributed by atoms with E-state index >= 15 is 0 Å². The van der Waals surface area contributed by atoms with E-state index in [0.29, 0.717) is 22.6 Å². The number of carboxylic acid groups (broad SMARTS) is 1. The quantitative estimate of drug-likeness (QED) is 0.769. The van der Waals surface area contributed by atoms with Crippen molar-refractivity contribution in [1.82, 2.24) is 9.38 Å². The summed E-state index contributed by atoms with van der Waals surface area (Å²) < 4.78 is 15.7. The van der Waals surface area contributed by atoms with E-state index in [-0.39, 0.29) is 12.2 Å². The number of aromatic nitrogens is 2. The first-order valence-corrected chi connectivity index (χ1v) is 7.40. The average Bonchev–Trinajstić information content (AvgIpc) is 2.78. The summed E-state index contributed by atoms with van der Waals surface area (Å²) in [5.74, 6) is -1.28. The maximum absolute atomic E-state index is 13.1. The summed E-state index contributed by atoms with van der Waals surface area (Å²) in [4.78, 5) is 15.8. The number of benzene rings is 1. The maximum atomic E-state index is 13.1. The molecule has 3 aromatic rings. The summed E-state index contributed by atoms with van der Waals surface area (Å²) in [7, 11) is 0. The van der Waals surface area contributed by atoms with Gasteiger partial charge in [-0.2, -0.15) is 0 Å². The highest BCUT2D eigenvalue weighted by Gasteiger charge is 2.18. The normalized spacial score (nSPS) is 11.0. The van der Waals surface area contributed by atoms with Gasteiger partial charge in [0, 0.05) is 16.2 Å². The molecular formula is C16H12BrFN2O2. The van der Waals surface area contributed by atoms with E-state index in [1.807, 2.05) is 13.0 Å². The van der Waals surface area contributed by atoms with Crippen molar-refractivity contribution in [2.75, 3.05) is 0 Å². The molecule has 2 heterocycles. The molecule has 0 saturated carbocycles. The van der Waals surface area contributed by atoms with Crippen molar-refractivity contribution >= 4 is 27.5 Å². The number of nitrogens with zero attached hydrogens (tertiary/aromatic N) is 2. The topological polar surface area (TPSA) is 54.6 Å². The third-order valence-corrected chi connectivity index (χ3v) is 3.84. The predicted molar refractivity (Wildman–Crippen MR) is 84.4 cm³/mol. The maximum Gasteiger partial charge on any atom is 0.309 e. The van der Waals surface area contributed by atoms with Crippen molar-refractivity contribution in [3.63, 3.8) is 0 Å². The van der Waals surface area contributed by atoms with Gasteiger partial charge >= 0.3 is 5.97 Å². The molecule has 0 aliphatic rings. The number of carboxylic acids is 1. The van der Waals surface area contributed by atoms with Gasteiger partial charge in [0.15, 0.2) is 0 Å². The largest absolute Gasteiger partial charge is 0.481 e. The average molecular weight is 363 g/mol. The number of rotatable bonds is 3. The molecule has 22 heavy (non-hydrogen) atoms. The zero-order valence-electron chi connectivity index (χ0n) is 11.7. The van der Waals surface area contributed by atoms with Crippen molar-refractivity contribution in [2.24, 2.45) is 0 Å². The zero-order valence-corrected chi connectivity index (χ0v) is 13.3. The number of pyridine rings is 1. The number of fused-ring (bicyclic) bond motifs is 1. The molecule has 0 radical (unpaired) electrons. The van der Waals surface area contributed by atoms with Crippen LogP contribution in [-0.2, 0) is 11.2 Å². The number of aliphatic carboxylic acids is 1. The number of hydrogen-bond acceptors (Lipinski definition) is 2. The van der Waals surface area contributed by atoms with E-state index in [0.717, 1.165) is 10.0 Å². The molecule has 4 nitrogen and oxygen atoms in total. The fourth-order valence-electron chi connectivity index (χ4n) is 2.47. The molecule has 0 atom stereocenters. The minimum atomic E-state index is -0.942. The molecule has 1 aromatic carbocycles. The molecule has 2 aromatic heterocycles. The molecule has 0 aliphatic heterocycles. The third kappa shape index (κ3) is 2.62. The van der Waals surface area contributed by atoms with Crippen LogP contribution in [0.15, 0.2) is 41.0 Å². The highest BCUT2D eigenvalue weighted by molar-refractivity contribution is 9.10. The van der Waals surface area contributed by atoms with Crippen molar-refractivity contribution in [3.8, 4) is 11.3 Å². The van der Waals surface area contributed by atoms with Crippen LogP contribution >= 0.6 is 15.9 Å². The molecular weight excluding hydrogens is 351 g/mol. The highest BCUT2D eigenvalue weighted by Crippen LogP contribution is 2.28. The molecule has 0 amide bonds. The molecule has 6 heteroatoms. The van der Waals surface area contributed by atoms with Crippen LogP contribution in [-0.4, -0.2) is 20.5 Å². The number of halogens is 2. The Morgan fingerprint density at radius 1 is 1.36 bits per heavy atom. The summed E-state index contributed by atoms with van der Waals surface area (Å²) in [6, 6.07) is 7.81. The predicted octanol–water partition coefficient (Wildman–Crippen LogP) is 3.84. The van der Waals surface area contributed by atoms with Crippen molar-refractivity contribution in [3.05, 3.63) is 58.1 Å². The van der Waals surface area contributed by atoms with Gasteiger partial charge in [0.05, 0.1) is 17.8 Å². The Labute approximate surface area is 134 Å². The van der Waals surface area contributed by atoms with Crippen LogP contribution in [0.4, 0.5) is 4.39 Å². The third-order valence-electron chi connectivity index (χ3n) is 3.41. The van der Waals surface area contributed by atoms with Crippen molar-refractivity contribution < 1.29 is 14.3 Å². The van der Waals surface area contributed by atoms with Crippen LogP contribution in [0.2, 0.25) is 0 Å². The summed E-state index contributed by atoms with van der Waals surface area (Å²) in [5.41, 5.74) is 3.44. The number of imidazole rings is 1. The second kappa shape index (κ2) is 5.53. The summed E-state index contributed by atoms with van der Waals surface area (Å²) in [5, 5.41) is 9.19. The highest BCUT2D eigenvalue weighted by atomic mass is 79.9. The van der Waals surface area contributed by atoms with Crippen LogP contribution in [0.3, 0.4) is 0 Å². The minimum absolute atomic E-state index is 0.163. The molecule has 0 bridgehead atoms. The second-order valence-electron chi connectivity index (χ2n) is 5.02. The summed E-state index contributed by atoms with van der Waals surface area (Å²) >= 11 is 3.41. The fraction of sp³-hybridized carbons (Fsp3) is 0.125. The van der Waals surface area contributed by atoms with Crippen LogP contribution in [0.5, 0.6) is 0 Å². The van der Waals surface area contributed by atoms with Gasteiger partial charge in [-0.3, -0.25) is 4.79 Å². The SMILES string of the molecule is Cc1cc(Br)cn2c(CC(=O)O)c(-c3ccc(F)cc3)nc12. The van der Waals surface area contributed by atoms with E-state index in [1.165, 1.54) is 12.1 Å². The van der Waals surface area contributed by atoms with Gasteiger partial charge in [0.25, 0.3) is 0 Å². The lowest BCUT2D eigenvalue weighted by Crippen LogP contribution is -2.05. The summed E-state index contributed by atoms with van der Waals surface area (Å²) in [6.45, 7) is 1.91. The smallest absolute Gasteiger partial charge is 0.309 e. The Hall–Kier alpha value is -2.21. The molecule has 0 unspecified atom stereocenters. The molecule has 0 saturated heterocycles. The van der Waals surface area contributed by atoms with E-state index in [4.69, 9.17) is 0 Å². The van der Waals surface area contributed by atoms with Crippen LogP contribution in [0, 0.1) is 12.7 Å². The van der Waals surface area contributed by atoms with E-state index in [2.05, 4.69) is 20.9 Å². The molecule has 0 spiro atoms. The molecule has 0 fully saturated rings. The lowest BCUT2D eigenvalue weighted by molar-refractivity contribution is -0.136. The Bertz CT molecular complexity index is 872. The molecule has 3 rings (SSSR count). The van der Waals surface area contributed by atoms with Crippen molar-refractivity contribution in [1.29, 1.82) is 0 Å². The number of carbonyl (C=O) groups is 1. The van der Waals surface area contributed by atoms with Crippen LogP contribution in [0.1, 0.15) is 11.3 Å². The minimum Gasteiger partial charge on any atom is -0.481 e. The molecule has 0 aliphatic carbocycles. The Morgan fingerprint density at radius 2 is 2.05 bits per heavy atom. The van der Waals surface area contributed by atoms with Gasteiger partial charge < -0.3 is 9.51 Å². The second-order valence-corrected chi connectivity index (χ2v) is 5.94. The number of hydrogen-bond donors (Lipinski definition) is 1.